The second kappa shape index (κ2) is 7.14. The van der Waals surface area contributed by atoms with Gasteiger partial charge in [-0.15, -0.1) is 0 Å². The standard InChI is InChI=1S/C18H17N3O4/c1-25-14-9-7-12(8-10-14)17(23)20-19-15-11-16(22)21(18(15)24)13-5-3-2-4-6-13/h2-10,15,19H,11H2,1H3,(H,20,23). The summed E-state index contributed by atoms with van der Waals surface area (Å²) in [5.41, 5.74) is 6.04. The van der Waals surface area contributed by atoms with Gasteiger partial charge in [-0.25, -0.2) is 10.3 Å². The van der Waals surface area contributed by atoms with E-state index >= 15 is 0 Å². The summed E-state index contributed by atoms with van der Waals surface area (Å²) in [5.74, 6) is -0.473. The summed E-state index contributed by atoms with van der Waals surface area (Å²) in [5, 5.41) is 0. The third-order valence-corrected chi connectivity index (χ3v) is 3.87. The lowest BCUT2D eigenvalue weighted by molar-refractivity contribution is -0.121. The minimum atomic E-state index is -0.796. The molecule has 0 bridgehead atoms. The topological polar surface area (TPSA) is 87.7 Å². The van der Waals surface area contributed by atoms with Crippen LogP contribution in [0.15, 0.2) is 54.6 Å². The molecule has 1 saturated heterocycles. The second-order valence-corrected chi connectivity index (χ2v) is 5.49. The van der Waals surface area contributed by atoms with Gasteiger partial charge in [0.25, 0.3) is 11.8 Å². The van der Waals surface area contributed by atoms with Crippen molar-refractivity contribution >= 4 is 23.4 Å². The average molecular weight is 339 g/mol. The number of carbonyl (C=O) groups excluding carboxylic acids is 3. The molecular weight excluding hydrogens is 322 g/mol. The molecule has 0 radical (unpaired) electrons. The van der Waals surface area contributed by atoms with Gasteiger partial charge in [0.1, 0.15) is 11.8 Å². The maximum Gasteiger partial charge on any atom is 0.265 e. The minimum absolute atomic E-state index is 0.0172. The lowest BCUT2D eigenvalue weighted by Crippen LogP contribution is -2.48. The number of hydrogen-bond acceptors (Lipinski definition) is 5. The number of methoxy groups -OCH3 is 1. The number of nitrogens with one attached hydrogen (secondary N) is 2. The predicted octanol–water partition coefficient (Wildman–Crippen LogP) is 1.26. The first-order valence-electron chi connectivity index (χ1n) is 7.72. The van der Waals surface area contributed by atoms with Crippen LogP contribution in [0.1, 0.15) is 16.8 Å². The van der Waals surface area contributed by atoms with Crippen LogP contribution in [0.4, 0.5) is 5.69 Å². The van der Waals surface area contributed by atoms with Gasteiger partial charge < -0.3 is 4.74 Å². The first-order chi connectivity index (χ1) is 12.1. The first-order valence-corrected chi connectivity index (χ1v) is 7.72. The van der Waals surface area contributed by atoms with Gasteiger partial charge in [-0.05, 0) is 36.4 Å². The van der Waals surface area contributed by atoms with Crippen molar-refractivity contribution < 1.29 is 19.1 Å². The van der Waals surface area contributed by atoms with E-state index in [1.54, 1.807) is 54.6 Å². The molecule has 2 N–H and O–H groups in total. The monoisotopic (exact) mass is 339 g/mol. The van der Waals surface area contributed by atoms with Gasteiger partial charge in [-0.2, -0.15) is 0 Å². The molecule has 1 heterocycles. The molecule has 7 nitrogen and oxygen atoms in total. The van der Waals surface area contributed by atoms with E-state index in [-0.39, 0.29) is 12.3 Å². The summed E-state index contributed by atoms with van der Waals surface area (Å²) >= 11 is 0. The zero-order valence-electron chi connectivity index (χ0n) is 13.6. The van der Waals surface area contributed by atoms with Crippen molar-refractivity contribution in [3.63, 3.8) is 0 Å². The Kier molecular flexibility index (Phi) is 4.76. The Bertz CT molecular complexity index is 790. The average Bonchev–Trinajstić information content (AvgIpc) is 2.94. The molecule has 25 heavy (non-hydrogen) atoms. The Labute approximate surface area is 144 Å². The van der Waals surface area contributed by atoms with Gasteiger partial charge in [0, 0.05) is 5.56 Å². The maximum absolute atomic E-state index is 12.4. The second-order valence-electron chi connectivity index (χ2n) is 5.49. The third kappa shape index (κ3) is 3.51. The van der Waals surface area contributed by atoms with Crippen molar-refractivity contribution in [2.45, 2.75) is 12.5 Å². The van der Waals surface area contributed by atoms with Crippen molar-refractivity contribution in [1.82, 2.24) is 10.9 Å². The Morgan fingerprint density at radius 2 is 1.76 bits per heavy atom. The molecule has 3 amide bonds. The number of benzene rings is 2. The number of carbonyl (C=O) groups is 3. The van der Waals surface area contributed by atoms with E-state index in [2.05, 4.69) is 10.9 Å². The Morgan fingerprint density at radius 1 is 1.08 bits per heavy atom. The molecule has 2 aromatic rings. The molecule has 3 rings (SSSR count). The van der Waals surface area contributed by atoms with E-state index in [0.717, 1.165) is 4.90 Å². The summed E-state index contributed by atoms with van der Waals surface area (Å²) in [6.45, 7) is 0. The number of hydrogen-bond donors (Lipinski definition) is 2. The molecule has 1 aliphatic heterocycles. The smallest absolute Gasteiger partial charge is 0.265 e. The molecule has 1 fully saturated rings. The van der Waals surface area contributed by atoms with Crippen LogP contribution in [0.25, 0.3) is 0 Å². The van der Waals surface area contributed by atoms with Crippen LogP contribution in [0.3, 0.4) is 0 Å². The molecular formula is C18H17N3O4. The maximum atomic E-state index is 12.4. The Balaban J connectivity index is 1.62. The zero-order valence-corrected chi connectivity index (χ0v) is 13.6. The molecule has 0 saturated carbocycles. The number of imide groups is 1. The minimum Gasteiger partial charge on any atom is -0.497 e. The summed E-state index contributed by atoms with van der Waals surface area (Å²) in [6.07, 6.45) is -0.0172. The summed E-state index contributed by atoms with van der Waals surface area (Å²) in [7, 11) is 1.54. The molecule has 128 valence electrons. The molecule has 0 aromatic heterocycles. The van der Waals surface area contributed by atoms with Crippen LogP contribution in [0.5, 0.6) is 5.75 Å². The van der Waals surface area contributed by atoms with Gasteiger partial charge in [-0.1, -0.05) is 18.2 Å². The lowest BCUT2D eigenvalue weighted by Gasteiger charge is -2.15. The largest absolute Gasteiger partial charge is 0.497 e. The molecule has 7 heteroatoms. The van der Waals surface area contributed by atoms with Gasteiger partial charge in [0.15, 0.2) is 0 Å². The van der Waals surface area contributed by atoms with Gasteiger partial charge >= 0.3 is 0 Å². The highest BCUT2D eigenvalue weighted by atomic mass is 16.5. The van der Waals surface area contributed by atoms with E-state index in [4.69, 9.17) is 4.74 Å². The highest BCUT2D eigenvalue weighted by Gasteiger charge is 2.39. The third-order valence-electron chi connectivity index (χ3n) is 3.87. The molecule has 1 unspecified atom stereocenters. The van der Waals surface area contributed by atoms with Crippen LogP contribution < -0.4 is 20.5 Å². The Morgan fingerprint density at radius 3 is 2.40 bits per heavy atom. The molecule has 1 atom stereocenters. The number of nitrogens with zero attached hydrogens (tertiary/aromatic N) is 1. The Hall–Kier alpha value is -3.19. The molecule has 0 aliphatic carbocycles. The number of para-hydroxylation sites is 1. The number of ether oxygens (including phenoxy) is 1. The molecule has 0 spiro atoms. The van der Waals surface area contributed by atoms with Crippen LogP contribution in [-0.4, -0.2) is 30.9 Å². The fraction of sp³-hybridized carbons (Fsp3) is 0.167. The van der Waals surface area contributed by atoms with E-state index < -0.39 is 17.9 Å². The molecule has 2 aromatic carbocycles. The van der Waals surface area contributed by atoms with Crippen LogP contribution in [0, 0.1) is 0 Å². The van der Waals surface area contributed by atoms with Crippen molar-refractivity contribution in [2.75, 3.05) is 12.0 Å². The van der Waals surface area contributed by atoms with Crippen LogP contribution in [0.2, 0.25) is 0 Å². The van der Waals surface area contributed by atoms with E-state index in [0.29, 0.717) is 17.0 Å². The summed E-state index contributed by atoms with van der Waals surface area (Å²) < 4.78 is 5.03. The number of rotatable bonds is 5. The van der Waals surface area contributed by atoms with Crippen molar-refractivity contribution in [2.24, 2.45) is 0 Å². The summed E-state index contributed by atoms with van der Waals surface area (Å²) in [6, 6.07) is 14.4. The zero-order chi connectivity index (χ0) is 17.8. The SMILES string of the molecule is COc1ccc(C(=O)NNC2CC(=O)N(c3ccccc3)C2=O)cc1. The predicted molar refractivity (Wildman–Crippen MR) is 90.9 cm³/mol. The highest BCUT2D eigenvalue weighted by Crippen LogP contribution is 2.22. The van der Waals surface area contributed by atoms with Crippen LogP contribution in [-0.2, 0) is 9.59 Å². The van der Waals surface area contributed by atoms with Gasteiger partial charge in [0.2, 0.25) is 5.91 Å². The fourth-order valence-corrected chi connectivity index (χ4v) is 2.56. The highest BCUT2D eigenvalue weighted by molar-refractivity contribution is 6.22. The van der Waals surface area contributed by atoms with Gasteiger partial charge in [0.05, 0.1) is 19.2 Å². The lowest BCUT2D eigenvalue weighted by atomic mass is 10.2. The van der Waals surface area contributed by atoms with Crippen molar-refractivity contribution in [1.29, 1.82) is 0 Å². The first kappa shape index (κ1) is 16.7. The normalized spacial score (nSPS) is 16.8. The number of hydrazine groups is 1. The quantitative estimate of drug-likeness (QED) is 0.632. The summed E-state index contributed by atoms with van der Waals surface area (Å²) in [4.78, 5) is 37.8. The van der Waals surface area contributed by atoms with E-state index in [1.165, 1.54) is 7.11 Å². The van der Waals surface area contributed by atoms with Crippen molar-refractivity contribution in [3.8, 4) is 5.75 Å². The van der Waals surface area contributed by atoms with E-state index in [1.807, 2.05) is 0 Å². The van der Waals surface area contributed by atoms with E-state index in [9.17, 15) is 14.4 Å². The van der Waals surface area contributed by atoms with Crippen LogP contribution >= 0.6 is 0 Å². The number of amides is 3. The van der Waals surface area contributed by atoms with Gasteiger partial charge in [-0.3, -0.25) is 19.8 Å². The fourth-order valence-electron chi connectivity index (χ4n) is 2.56. The van der Waals surface area contributed by atoms with Crippen molar-refractivity contribution in [3.05, 3.63) is 60.2 Å². The molecule has 1 aliphatic rings. The number of anilines is 1.